The Hall–Kier alpha value is -0.570. The fraction of sp³-hybridized carbons (Fsp3) is 0.667. The maximum atomic E-state index is 4.58. The third-order valence-electron chi connectivity index (χ3n) is 3.72. The van der Waals surface area contributed by atoms with Crippen LogP contribution in [0.25, 0.3) is 0 Å². The quantitative estimate of drug-likeness (QED) is 0.787. The van der Waals surface area contributed by atoms with Gasteiger partial charge in [0.05, 0.1) is 4.47 Å². The number of pyridine rings is 1. The standard InChI is InChI=1S/C15H23BrN2/c1-12(2)9-11-18(13-6-3-4-7-13)15-14(16)8-5-10-17-15/h5,8,10,12-13H,3-4,6-7,9,11H2,1-2H3. The highest BCUT2D eigenvalue weighted by atomic mass is 79.9. The first-order valence-electron chi connectivity index (χ1n) is 7.05. The van der Waals surface area contributed by atoms with Crippen LogP contribution < -0.4 is 4.90 Å². The van der Waals surface area contributed by atoms with Gasteiger partial charge in [-0.2, -0.15) is 0 Å². The molecule has 1 saturated carbocycles. The lowest BCUT2D eigenvalue weighted by molar-refractivity contribution is 0.524. The molecule has 2 nitrogen and oxygen atoms in total. The van der Waals surface area contributed by atoms with Crippen molar-refractivity contribution in [2.45, 2.75) is 52.0 Å². The molecular formula is C15H23BrN2. The van der Waals surface area contributed by atoms with Crippen LogP contribution in [0.15, 0.2) is 22.8 Å². The molecule has 0 atom stereocenters. The summed E-state index contributed by atoms with van der Waals surface area (Å²) in [5.74, 6) is 1.88. The van der Waals surface area contributed by atoms with E-state index in [1.807, 2.05) is 12.3 Å². The van der Waals surface area contributed by atoms with Gasteiger partial charge in [-0.1, -0.05) is 26.7 Å². The third kappa shape index (κ3) is 3.47. The summed E-state index contributed by atoms with van der Waals surface area (Å²) in [7, 11) is 0. The molecule has 1 heterocycles. The summed E-state index contributed by atoms with van der Waals surface area (Å²) in [4.78, 5) is 7.11. The molecule has 0 spiro atoms. The maximum absolute atomic E-state index is 4.58. The molecule has 2 rings (SSSR count). The summed E-state index contributed by atoms with van der Waals surface area (Å²) >= 11 is 3.65. The smallest absolute Gasteiger partial charge is 0.143 e. The van der Waals surface area contributed by atoms with Gasteiger partial charge >= 0.3 is 0 Å². The lowest BCUT2D eigenvalue weighted by Crippen LogP contribution is -2.35. The molecule has 0 radical (unpaired) electrons. The van der Waals surface area contributed by atoms with E-state index in [0.29, 0.717) is 6.04 Å². The average Bonchev–Trinajstić information content (AvgIpc) is 2.85. The topological polar surface area (TPSA) is 16.1 Å². The van der Waals surface area contributed by atoms with Crippen molar-refractivity contribution in [1.82, 2.24) is 4.98 Å². The number of nitrogens with zero attached hydrogens (tertiary/aromatic N) is 2. The molecule has 3 heteroatoms. The highest BCUT2D eigenvalue weighted by molar-refractivity contribution is 9.10. The molecule has 0 unspecified atom stereocenters. The molecule has 0 N–H and O–H groups in total. The molecule has 0 bridgehead atoms. The zero-order chi connectivity index (χ0) is 13.0. The molecule has 0 aliphatic heterocycles. The summed E-state index contributed by atoms with van der Waals surface area (Å²) in [6.45, 7) is 5.71. The zero-order valence-electron chi connectivity index (χ0n) is 11.4. The third-order valence-corrected chi connectivity index (χ3v) is 4.34. The lowest BCUT2D eigenvalue weighted by Gasteiger charge is -2.31. The van der Waals surface area contributed by atoms with Crippen LogP contribution in [-0.2, 0) is 0 Å². The number of anilines is 1. The molecule has 1 aliphatic rings. The van der Waals surface area contributed by atoms with Gasteiger partial charge < -0.3 is 4.90 Å². The van der Waals surface area contributed by atoms with Gasteiger partial charge in [0.1, 0.15) is 5.82 Å². The van der Waals surface area contributed by atoms with Crippen LogP contribution in [0, 0.1) is 5.92 Å². The molecule has 1 fully saturated rings. The van der Waals surface area contributed by atoms with Crippen molar-refractivity contribution in [3.05, 3.63) is 22.8 Å². The van der Waals surface area contributed by atoms with Crippen LogP contribution in [0.4, 0.5) is 5.82 Å². The van der Waals surface area contributed by atoms with Gasteiger partial charge in [0.25, 0.3) is 0 Å². The van der Waals surface area contributed by atoms with E-state index in [1.54, 1.807) is 0 Å². The van der Waals surface area contributed by atoms with Crippen LogP contribution >= 0.6 is 15.9 Å². The van der Waals surface area contributed by atoms with E-state index in [2.05, 4.69) is 45.7 Å². The van der Waals surface area contributed by atoms with E-state index >= 15 is 0 Å². The molecule has 0 aromatic carbocycles. The molecule has 18 heavy (non-hydrogen) atoms. The van der Waals surface area contributed by atoms with Gasteiger partial charge in [-0.3, -0.25) is 0 Å². The Morgan fingerprint density at radius 2 is 2.11 bits per heavy atom. The molecule has 100 valence electrons. The Kier molecular flexibility index (Phi) is 5.04. The second-order valence-electron chi connectivity index (χ2n) is 5.62. The maximum Gasteiger partial charge on any atom is 0.143 e. The molecule has 0 amide bonds. The summed E-state index contributed by atoms with van der Waals surface area (Å²) < 4.78 is 1.13. The second-order valence-corrected chi connectivity index (χ2v) is 6.48. The van der Waals surface area contributed by atoms with Crippen molar-refractivity contribution in [1.29, 1.82) is 0 Å². The fourth-order valence-corrected chi connectivity index (χ4v) is 3.15. The summed E-state index contributed by atoms with van der Waals surface area (Å²) in [5, 5.41) is 0. The Morgan fingerprint density at radius 3 is 2.72 bits per heavy atom. The number of rotatable bonds is 5. The first-order chi connectivity index (χ1) is 8.68. The minimum atomic E-state index is 0.690. The van der Waals surface area contributed by atoms with Crippen LogP contribution in [0.3, 0.4) is 0 Å². The van der Waals surface area contributed by atoms with Gasteiger partial charge in [-0.25, -0.2) is 4.98 Å². The van der Waals surface area contributed by atoms with Crippen molar-refractivity contribution in [3.8, 4) is 0 Å². The molecular weight excluding hydrogens is 288 g/mol. The van der Waals surface area contributed by atoms with E-state index in [9.17, 15) is 0 Å². The van der Waals surface area contributed by atoms with Crippen molar-refractivity contribution in [2.75, 3.05) is 11.4 Å². The van der Waals surface area contributed by atoms with Crippen LogP contribution in [0.2, 0.25) is 0 Å². The Balaban J connectivity index is 2.15. The summed E-state index contributed by atoms with van der Waals surface area (Å²) in [5.41, 5.74) is 0. The Bertz CT molecular complexity index is 373. The highest BCUT2D eigenvalue weighted by Crippen LogP contribution is 2.31. The number of aromatic nitrogens is 1. The minimum absolute atomic E-state index is 0.690. The predicted octanol–water partition coefficient (Wildman–Crippen LogP) is 4.64. The van der Waals surface area contributed by atoms with Crippen LogP contribution in [0.5, 0.6) is 0 Å². The normalized spacial score (nSPS) is 16.4. The van der Waals surface area contributed by atoms with Crippen molar-refractivity contribution in [3.63, 3.8) is 0 Å². The van der Waals surface area contributed by atoms with Gasteiger partial charge in [-0.15, -0.1) is 0 Å². The fourth-order valence-electron chi connectivity index (χ4n) is 2.66. The van der Waals surface area contributed by atoms with Crippen LogP contribution in [-0.4, -0.2) is 17.6 Å². The first-order valence-corrected chi connectivity index (χ1v) is 7.85. The Morgan fingerprint density at radius 1 is 1.39 bits per heavy atom. The number of hydrogen-bond donors (Lipinski definition) is 0. The summed E-state index contributed by atoms with van der Waals surface area (Å²) in [6, 6.07) is 4.78. The van der Waals surface area contributed by atoms with E-state index in [1.165, 1.54) is 32.1 Å². The first kappa shape index (κ1) is 13.9. The van der Waals surface area contributed by atoms with Crippen molar-refractivity contribution >= 4 is 21.7 Å². The number of hydrogen-bond acceptors (Lipinski definition) is 2. The molecule has 1 aliphatic carbocycles. The van der Waals surface area contributed by atoms with Gasteiger partial charge in [0.15, 0.2) is 0 Å². The zero-order valence-corrected chi connectivity index (χ0v) is 13.0. The number of halogens is 1. The van der Waals surface area contributed by atoms with Gasteiger partial charge in [0, 0.05) is 18.8 Å². The van der Waals surface area contributed by atoms with E-state index < -0.39 is 0 Å². The molecule has 1 aromatic heterocycles. The van der Waals surface area contributed by atoms with E-state index in [0.717, 1.165) is 22.8 Å². The second kappa shape index (κ2) is 6.55. The Labute approximate surface area is 119 Å². The lowest BCUT2D eigenvalue weighted by atomic mass is 10.1. The largest absolute Gasteiger partial charge is 0.353 e. The van der Waals surface area contributed by atoms with Crippen molar-refractivity contribution < 1.29 is 0 Å². The molecule has 0 saturated heterocycles. The monoisotopic (exact) mass is 310 g/mol. The average molecular weight is 311 g/mol. The minimum Gasteiger partial charge on any atom is -0.353 e. The van der Waals surface area contributed by atoms with Gasteiger partial charge in [-0.05, 0) is 53.2 Å². The van der Waals surface area contributed by atoms with E-state index in [-0.39, 0.29) is 0 Å². The van der Waals surface area contributed by atoms with Gasteiger partial charge in [0.2, 0.25) is 0 Å². The SMILES string of the molecule is CC(C)CCN(c1ncccc1Br)C1CCCC1. The van der Waals surface area contributed by atoms with E-state index in [4.69, 9.17) is 0 Å². The molecule has 1 aromatic rings. The highest BCUT2D eigenvalue weighted by Gasteiger charge is 2.24. The van der Waals surface area contributed by atoms with Crippen molar-refractivity contribution in [2.24, 2.45) is 5.92 Å². The van der Waals surface area contributed by atoms with Crippen LogP contribution in [0.1, 0.15) is 46.0 Å². The summed E-state index contributed by atoms with van der Waals surface area (Å²) in [6.07, 6.45) is 8.51. The predicted molar refractivity (Wildman–Crippen MR) is 81.0 cm³/mol.